The Morgan fingerprint density at radius 1 is 1.11 bits per heavy atom. The third-order valence-corrected chi connectivity index (χ3v) is 8.54. The zero-order valence-corrected chi connectivity index (χ0v) is 21.0. The average Bonchev–Trinajstić information content (AvgIpc) is 3.75. The fourth-order valence-electron chi connectivity index (χ4n) is 5.06. The highest BCUT2D eigenvalue weighted by Gasteiger charge is 2.51. The molecule has 8 nitrogen and oxygen atoms in total. The molecule has 0 aliphatic heterocycles. The number of anilines is 2. The first kappa shape index (κ1) is 23.9. The maximum absolute atomic E-state index is 14.1. The molecule has 192 valence electrons. The van der Waals surface area contributed by atoms with Crippen LogP contribution in [-0.4, -0.2) is 60.9 Å². The van der Waals surface area contributed by atoms with Crippen LogP contribution in [0.3, 0.4) is 0 Å². The van der Waals surface area contributed by atoms with E-state index >= 15 is 0 Å². The molecule has 0 bridgehead atoms. The minimum Gasteiger partial charge on any atom is -0.390 e. The zero-order chi connectivity index (χ0) is 25.2. The van der Waals surface area contributed by atoms with E-state index in [0.717, 1.165) is 42.2 Å². The zero-order valence-electron chi connectivity index (χ0n) is 20.2. The number of aryl methyl sites for hydroxylation is 1. The minimum absolute atomic E-state index is 0.0885. The van der Waals surface area contributed by atoms with Gasteiger partial charge in [0.05, 0.1) is 39.7 Å². The summed E-state index contributed by atoms with van der Waals surface area (Å²) < 4.78 is 29.2. The van der Waals surface area contributed by atoms with Gasteiger partial charge in [0.2, 0.25) is 5.95 Å². The summed E-state index contributed by atoms with van der Waals surface area (Å²) in [6, 6.07) is 1.15. The molecule has 4 N–H and O–H groups in total. The van der Waals surface area contributed by atoms with Crippen molar-refractivity contribution < 1.29 is 19.0 Å². The first-order valence-electron chi connectivity index (χ1n) is 12.6. The van der Waals surface area contributed by atoms with Crippen LogP contribution in [0.25, 0.3) is 20.8 Å². The summed E-state index contributed by atoms with van der Waals surface area (Å²) in [4.78, 5) is 18.9. The molecule has 3 heterocycles. The SMILES string of the molecule is Cc1nc(NCC2CC2)nc(N[C@@H]2C[C@H](C(C)(F)F)[C@@H](O)[C@H]2O)c1-c1nc2c(C3CC3)nccc2s1. The Hall–Kier alpha value is -2.50. The van der Waals surface area contributed by atoms with E-state index in [9.17, 15) is 19.0 Å². The minimum atomic E-state index is -3.11. The number of rotatable bonds is 8. The number of thiazole rings is 1. The Kier molecular flexibility index (Phi) is 5.84. The topological polar surface area (TPSA) is 116 Å². The van der Waals surface area contributed by atoms with E-state index in [1.54, 1.807) is 0 Å². The van der Waals surface area contributed by atoms with Crippen LogP contribution in [0, 0.1) is 18.8 Å². The van der Waals surface area contributed by atoms with Crippen molar-refractivity contribution in [3.63, 3.8) is 0 Å². The number of aliphatic hydroxyl groups excluding tert-OH is 2. The molecule has 6 rings (SSSR count). The number of nitrogens with zero attached hydrogens (tertiary/aromatic N) is 4. The number of hydrogen-bond acceptors (Lipinski definition) is 9. The number of aromatic nitrogens is 4. The van der Waals surface area contributed by atoms with Crippen molar-refractivity contribution in [3.05, 3.63) is 23.7 Å². The standard InChI is InChI=1S/C25H30F2N6O2S/c1-11-17(23-32-19-16(36-23)7-8-28-18(19)13-5-6-13)22(33-24(30-11)29-10-12-3-4-12)31-15-9-14(25(2,26)27)20(34)21(15)35/h7-8,12-15,20-21,34-35H,3-6,9-10H2,1-2H3,(H2,29,30,31,33)/t14-,15+,20+,21-/m0/s1. The third-order valence-electron chi connectivity index (χ3n) is 7.50. The van der Waals surface area contributed by atoms with Crippen molar-refractivity contribution in [1.82, 2.24) is 19.9 Å². The molecule has 3 aliphatic rings. The number of nitrogens with one attached hydrogen (secondary N) is 2. The van der Waals surface area contributed by atoms with Crippen LogP contribution >= 0.6 is 11.3 Å². The number of aliphatic hydroxyl groups is 2. The molecular formula is C25H30F2N6O2S. The first-order chi connectivity index (χ1) is 17.2. The van der Waals surface area contributed by atoms with E-state index in [1.807, 2.05) is 19.2 Å². The molecule has 0 amide bonds. The van der Waals surface area contributed by atoms with Crippen LogP contribution < -0.4 is 10.6 Å². The summed E-state index contributed by atoms with van der Waals surface area (Å²) in [5.41, 5.74) is 3.25. The largest absolute Gasteiger partial charge is 0.390 e. The molecule has 0 unspecified atom stereocenters. The van der Waals surface area contributed by atoms with Gasteiger partial charge in [-0.3, -0.25) is 4.98 Å². The van der Waals surface area contributed by atoms with Gasteiger partial charge in [-0.05, 0) is 57.9 Å². The van der Waals surface area contributed by atoms with Gasteiger partial charge in [-0.1, -0.05) is 0 Å². The quantitative estimate of drug-likeness (QED) is 0.350. The van der Waals surface area contributed by atoms with E-state index in [0.29, 0.717) is 39.9 Å². The molecule has 0 aromatic carbocycles. The monoisotopic (exact) mass is 516 g/mol. The first-order valence-corrected chi connectivity index (χ1v) is 13.4. The van der Waals surface area contributed by atoms with Gasteiger partial charge in [0.1, 0.15) is 22.4 Å². The summed E-state index contributed by atoms with van der Waals surface area (Å²) in [5, 5.41) is 28.1. The lowest BCUT2D eigenvalue weighted by atomic mass is 9.98. The van der Waals surface area contributed by atoms with Crippen molar-refractivity contribution in [3.8, 4) is 10.6 Å². The van der Waals surface area contributed by atoms with Crippen LogP contribution in [-0.2, 0) is 0 Å². The molecule has 11 heteroatoms. The van der Waals surface area contributed by atoms with Gasteiger partial charge in [0, 0.05) is 18.7 Å². The number of pyridine rings is 1. The highest BCUT2D eigenvalue weighted by Crippen LogP contribution is 2.45. The molecule has 3 saturated carbocycles. The van der Waals surface area contributed by atoms with Gasteiger partial charge in [-0.25, -0.2) is 18.7 Å². The van der Waals surface area contributed by atoms with Gasteiger partial charge in [-0.15, -0.1) is 11.3 Å². The van der Waals surface area contributed by atoms with Gasteiger partial charge in [-0.2, -0.15) is 4.98 Å². The van der Waals surface area contributed by atoms with Crippen LogP contribution in [0.4, 0.5) is 20.5 Å². The Morgan fingerprint density at radius 2 is 1.89 bits per heavy atom. The predicted octanol–water partition coefficient (Wildman–Crippen LogP) is 4.33. The smallest absolute Gasteiger partial charge is 0.250 e. The second-order valence-electron chi connectivity index (χ2n) is 10.5. The summed E-state index contributed by atoms with van der Waals surface area (Å²) in [6.07, 6.45) is 3.42. The van der Waals surface area contributed by atoms with Crippen molar-refractivity contribution >= 4 is 33.3 Å². The fourth-order valence-corrected chi connectivity index (χ4v) is 6.13. The van der Waals surface area contributed by atoms with E-state index in [2.05, 4.69) is 20.6 Å². The Labute approximate surface area is 211 Å². The summed E-state index contributed by atoms with van der Waals surface area (Å²) in [7, 11) is 0. The van der Waals surface area contributed by atoms with Crippen LogP contribution in [0.1, 0.15) is 56.3 Å². The molecule has 3 fully saturated rings. The van der Waals surface area contributed by atoms with Crippen molar-refractivity contribution in [2.24, 2.45) is 11.8 Å². The Balaban J connectivity index is 1.39. The number of alkyl halides is 2. The molecule has 3 aromatic heterocycles. The van der Waals surface area contributed by atoms with Crippen molar-refractivity contribution in [1.29, 1.82) is 0 Å². The molecule has 36 heavy (non-hydrogen) atoms. The molecule has 0 saturated heterocycles. The highest BCUT2D eigenvalue weighted by atomic mass is 32.1. The normalized spacial score (nSPS) is 26.5. The molecule has 0 spiro atoms. The Morgan fingerprint density at radius 3 is 2.56 bits per heavy atom. The van der Waals surface area contributed by atoms with E-state index < -0.39 is 30.1 Å². The maximum atomic E-state index is 14.1. The van der Waals surface area contributed by atoms with Crippen LogP contribution in [0.2, 0.25) is 0 Å². The van der Waals surface area contributed by atoms with Gasteiger partial charge < -0.3 is 20.8 Å². The van der Waals surface area contributed by atoms with Gasteiger partial charge >= 0.3 is 0 Å². The number of hydrogen-bond donors (Lipinski definition) is 4. The second-order valence-corrected chi connectivity index (χ2v) is 11.6. The summed E-state index contributed by atoms with van der Waals surface area (Å²) >= 11 is 1.51. The second kappa shape index (κ2) is 8.81. The number of halogens is 2. The molecule has 0 radical (unpaired) electrons. The lowest BCUT2D eigenvalue weighted by Crippen LogP contribution is -2.38. The third kappa shape index (κ3) is 4.52. The fraction of sp³-hybridized carbons (Fsp3) is 0.600. The number of fused-ring (bicyclic) bond motifs is 1. The predicted molar refractivity (Wildman–Crippen MR) is 135 cm³/mol. The van der Waals surface area contributed by atoms with E-state index in [1.165, 1.54) is 24.2 Å². The van der Waals surface area contributed by atoms with E-state index in [-0.39, 0.29) is 6.42 Å². The molecular weight excluding hydrogens is 486 g/mol. The summed E-state index contributed by atoms with van der Waals surface area (Å²) in [6.45, 7) is 3.42. The molecule has 4 atom stereocenters. The maximum Gasteiger partial charge on any atom is 0.250 e. The van der Waals surface area contributed by atoms with Gasteiger partial charge in [0.25, 0.3) is 5.92 Å². The Bertz CT molecular complexity index is 1290. The lowest BCUT2D eigenvalue weighted by molar-refractivity contribution is -0.0950. The van der Waals surface area contributed by atoms with E-state index in [4.69, 9.17) is 9.97 Å². The average molecular weight is 517 g/mol. The summed E-state index contributed by atoms with van der Waals surface area (Å²) in [5.74, 6) is -2.55. The van der Waals surface area contributed by atoms with Gasteiger partial charge in [0.15, 0.2) is 0 Å². The lowest BCUT2D eigenvalue weighted by Gasteiger charge is -2.22. The van der Waals surface area contributed by atoms with Crippen LogP contribution in [0.15, 0.2) is 12.3 Å². The van der Waals surface area contributed by atoms with Crippen molar-refractivity contribution in [2.75, 3.05) is 17.2 Å². The van der Waals surface area contributed by atoms with Crippen LogP contribution in [0.5, 0.6) is 0 Å². The molecule has 3 aromatic rings. The highest BCUT2D eigenvalue weighted by molar-refractivity contribution is 7.21. The van der Waals surface area contributed by atoms with Crippen molar-refractivity contribution in [2.45, 2.75) is 76.0 Å². The molecule has 3 aliphatic carbocycles.